The van der Waals surface area contributed by atoms with Crippen LogP contribution < -0.4 is 5.32 Å². The van der Waals surface area contributed by atoms with Gasteiger partial charge in [-0.25, -0.2) is 8.78 Å². The van der Waals surface area contributed by atoms with Gasteiger partial charge in [0, 0.05) is 36.8 Å². The molecular formula is C16H23BrF2N2. The minimum atomic E-state index is -0.492. The van der Waals surface area contributed by atoms with E-state index in [9.17, 15) is 8.78 Å². The molecule has 1 unspecified atom stereocenters. The lowest BCUT2D eigenvalue weighted by Gasteiger charge is -2.46. The molecule has 1 aliphatic rings. The maximum atomic E-state index is 14.2. The highest BCUT2D eigenvalue weighted by Crippen LogP contribution is 2.27. The summed E-state index contributed by atoms with van der Waals surface area (Å²) in [6.45, 7) is 10.4. The lowest BCUT2D eigenvalue weighted by atomic mass is 9.92. The van der Waals surface area contributed by atoms with Crippen LogP contribution >= 0.6 is 15.9 Å². The van der Waals surface area contributed by atoms with Crippen molar-refractivity contribution in [2.75, 3.05) is 13.1 Å². The van der Waals surface area contributed by atoms with Crippen molar-refractivity contribution in [2.45, 2.75) is 45.8 Å². The van der Waals surface area contributed by atoms with Crippen LogP contribution in [-0.4, -0.2) is 29.6 Å². The summed E-state index contributed by atoms with van der Waals surface area (Å²) in [6, 6.07) is 3.01. The number of piperazine rings is 1. The molecule has 1 heterocycles. The standard InChI is InChI=1S/C16H23BrF2N2/c1-10(2)14-7-20-16(3,4)9-21(14)8-11-13(18)6-5-12(17)15(11)19/h5-6,10,14,20H,7-9H2,1-4H3. The zero-order valence-corrected chi connectivity index (χ0v) is 14.6. The van der Waals surface area contributed by atoms with Gasteiger partial charge in [0.25, 0.3) is 0 Å². The van der Waals surface area contributed by atoms with E-state index in [1.807, 2.05) is 0 Å². The zero-order valence-electron chi connectivity index (χ0n) is 13.0. The minimum Gasteiger partial charge on any atom is -0.309 e. The van der Waals surface area contributed by atoms with E-state index in [2.05, 4.69) is 53.8 Å². The summed E-state index contributed by atoms with van der Waals surface area (Å²) in [5.41, 5.74) is 0.0948. The lowest BCUT2D eigenvalue weighted by molar-refractivity contribution is 0.0608. The van der Waals surface area contributed by atoms with Gasteiger partial charge >= 0.3 is 0 Å². The van der Waals surface area contributed by atoms with E-state index in [0.717, 1.165) is 13.1 Å². The number of rotatable bonds is 3. The van der Waals surface area contributed by atoms with Crippen LogP contribution in [0.15, 0.2) is 16.6 Å². The summed E-state index contributed by atoms with van der Waals surface area (Å²) < 4.78 is 28.5. The first-order valence-corrected chi connectivity index (χ1v) is 8.12. The van der Waals surface area contributed by atoms with Gasteiger partial charge in [0.15, 0.2) is 0 Å². The Kier molecular flexibility index (Phi) is 5.06. The molecule has 2 nitrogen and oxygen atoms in total. The Hall–Kier alpha value is -0.520. The smallest absolute Gasteiger partial charge is 0.144 e. The van der Waals surface area contributed by atoms with Gasteiger partial charge in [-0.1, -0.05) is 13.8 Å². The molecule has 0 aliphatic carbocycles. The summed E-state index contributed by atoms with van der Waals surface area (Å²) in [5, 5.41) is 3.51. The fourth-order valence-electron chi connectivity index (χ4n) is 2.94. The molecule has 0 amide bonds. The van der Waals surface area contributed by atoms with Crippen molar-refractivity contribution in [3.63, 3.8) is 0 Å². The molecule has 0 bridgehead atoms. The van der Waals surface area contributed by atoms with E-state index in [1.165, 1.54) is 12.1 Å². The highest BCUT2D eigenvalue weighted by Gasteiger charge is 2.34. The quantitative estimate of drug-likeness (QED) is 0.821. The molecule has 2 rings (SSSR count). The normalized spacial score (nSPS) is 22.8. The van der Waals surface area contributed by atoms with Crippen LogP contribution in [0.5, 0.6) is 0 Å². The van der Waals surface area contributed by atoms with E-state index < -0.39 is 11.6 Å². The molecule has 0 spiro atoms. The Morgan fingerprint density at radius 2 is 2.05 bits per heavy atom. The number of benzene rings is 1. The van der Waals surface area contributed by atoms with E-state index in [4.69, 9.17) is 0 Å². The average Bonchev–Trinajstić information content (AvgIpc) is 2.38. The monoisotopic (exact) mass is 360 g/mol. The third-order valence-corrected chi connectivity index (χ3v) is 4.74. The van der Waals surface area contributed by atoms with Gasteiger partial charge in [0.1, 0.15) is 11.6 Å². The Morgan fingerprint density at radius 1 is 1.38 bits per heavy atom. The van der Waals surface area contributed by atoms with Gasteiger partial charge in [-0.2, -0.15) is 0 Å². The Balaban J connectivity index is 2.28. The third-order valence-electron chi connectivity index (χ3n) is 4.13. The van der Waals surface area contributed by atoms with Crippen molar-refractivity contribution >= 4 is 15.9 Å². The van der Waals surface area contributed by atoms with Crippen molar-refractivity contribution in [3.05, 3.63) is 33.8 Å². The summed E-state index contributed by atoms with van der Waals surface area (Å²) in [7, 11) is 0. The van der Waals surface area contributed by atoms with Crippen molar-refractivity contribution in [1.82, 2.24) is 10.2 Å². The van der Waals surface area contributed by atoms with Gasteiger partial charge in [-0.15, -0.1) is 0 Å². The average molecular weight is 361 g/mol. The summed E-state index contributed by atoms with van der Waals surface area (Å²) in [4.78, 5) is 2.19. The number of halogens is 3. The van der Waals surface area contributed by atoms with Crippen LogP contribution in [0, 0.1) is 17.6 Å². The zero-order chi connectivity index (χ0) is 15.8. The molecule has 1 aromatic carbocycles. The molecule has 5 heteroatoms. The van der Waals surface area contributed by atoms with Crippen LogP contribution in [0.3, 0.4) is 0 Å². The van der Waals surface area contributed by atoms with Crippen LogP contribution in [0.1, 0.15) is 33.3 Å². The number of hydrogen-bond donors (Lipinski definition) is 1. The molecule has 21 heavy (non-hydrogen) atoms. The predicted molar refractivity (Wildman–Crippen MR) is 85.2 cm³/mol. The molecule has 1 saturated heterocycles. The Labute approximate surface area is 134 Å². The first-order chi connectivity index (χ1) is 9.71. The minimum absolute atomic E-state index is 0.0512. The molecule has 118 valence electrons. The van der Waals surface area contributed by atoms with Gasteiger partial charge in [0.2, 0.25) is 0 Å². The van der Waals surface area contributed by atoms with Crippen LogP contribution in [0.25, 0.3) is 0 Å². The molecule has 1 aromatic rings. The lowest BCUT2D eigenvalue weighted by Crippen LogP contribution is -2.62. The summed E-state index contributed by atoms with van der Waals surface area (Å²) in [6.07, 6.45) is 0. The van der Waals surface area contributed by atoms with Crippen molar-refractivity contribution in [1.29, 1.82) is 0 Å². The number of hydrogen-bond acceptors (Lipinski definition) is 2. The predicted octanol–water partition coefficient (Wildman–Crippen LogP) is 3.94. The van der Waals surface area contributed by atoms with Crippen molar-refractivity contribution < 1.29 is 8.78 Å². The molecule has 0 saturated carbocycles. The molecule has 0 aromatic heterocycles. The highest BCUT2D eigenvalue weighted by molar-refractivity contribution is 9.10. The van der Waals surface area contributed by atoms with E-state index >= 15 is 0 Å². The summed E-state index contributed by atoms with van der Waals surface area (Å²) >= 11 is 3.14. The Bertz CT molecular complexity index is 517. The second-order valence-electron chi connectivity index (χ2n) is 6.80. The van der Waals surface area contributed by atoms with Crippen LogP contribution in [0.4, 0.5) is 8.78 Å². The second kappa shape index (κ2) is 6.31. The van der Waals surface area contributed by atoms with Crippen LogP contribution in [0.2, 0.25) is 0 Å². The third kappa shape index (κ3) is 3.82. The molecule has 1 N–H and O–H groups in total. The molecule has 1 fully saturated rings. The first-order valence-electron chi connectivity index (χ1n) is 7.33. The number of nitrogens with one attached hydrogen (secondary N) is 1. The fourth-order valence-corrected chi connectivity index (χ4v) is 3.31. The van der Waals surface area contributed by atoms with Crippen molar-refractivity contribution in [2.24, 2.45) is 5.92 Å². The van der Waals surface area contributed by atoms with E-state index in [0.29, 0.717) is 16.9 Å². The molecular weight excluding hydrogens is 338 g/mol. The highest BCUT2D eigenvalue weighted by atomic mass is 79.9. The van der Waals surface area contributed by atoms with Crippen molar-refractivity contribution in [3.8, 4) is 0 Å². The molecule has 1 atom stereocenters. The van der Waals surface area contributed by atoms with Gasteiger partial charge < -0.3 is 5.32 Å². The second-order valence-corrected chi connectivity index (χ2v) is 7.66. The SMILES string of the molecule is CC(C)C1CNC(C)(C)CN1Cc1c(F)ccc(Br)c1F. The topological polar surface area (TPSA) is 15.3 Å². The van der Waals surface area contributed by atoms with Gasteiger partial charge in [-0.05, 0) is 47.8 Å². The maximum Gasteiger partial charge on any atom is 0.144 e. The Morgan fingerprint density at radius 3 is 2.67 bits per heavy atom. The van der Waals surface area contributed by atoms with E-state index in [-0.39, 0.29) is 17.1 Å². The van der Waals surface area contributed by atoms with Crippen LogP contribution in [-0.2, 0) is 6.54 Å². The largest absolute Gasteiger partial charge is 0.309 e. The first kappa shape index (κ1) is 16.8. The van der Waals surface area contributed by atoms with Gasteiger partial charge in [0.05, 0.1) is 4.47 Å². The molecule has 1 aliphatic heterocycles. The summed E-state index contributed by atoms with van der Waals surface area (Å²) in [5.74, 6) is -0.546. The molecule has 0 radical (unpaired) electrons. The van der Waals surface area contributed by atoms with Gasteiger partial charge in [-0.3, -0.25) is 4.90 Å². The maximum absolute atomic E-state index is 14.2. The fraction of sp³-hybridized carbons (Fsp3) is 0.625. The van der Waals surface area contributed by atoms with E-state index in [1.54, 1.807) is 0 Å². The number of nitrogens with zero attached hydrogens (tertiary/aromatic N) is 1.